The van der Waals surface area contributed by atoms with E-state index in [0.717, 1.165) is 4.88 Å². The van der Waals surface area contributed by atoms with Gasteiger partial charge in [-0.15, -0.1) is 16.1 Å². The van der Waals surface area contributed by atoms with Gasteiger partial charge in [0.25, 0.3) is 0 Å². The van der Waals surface area contributed by atoms with Gasteiger partial charge in [-0.1, -0.05) is 17.7 Å². The van der Waals surface area contributed by atoms with Crippen LogP contribution in [0.1, 0.15) is 45.1 Å². The van der Waals surface area contributed by atoms with E-state index < -0.39 is 33.6 Å². The number of anilines is 1. The van der Waals surface area contributed by atoms with E-state index in [1.54, 1.807) is 52.9 Å². The molecule has 6 nitrogen and oxygen atoms in total. The Hall–Kier alpha value is -1.39. The monoisotopic (exact) mass is 461 g/mol. The van der Waals surface area contributed by atoms with Crippen LogP contribution in [0.2, 0.25) is 5.02 Å². The van der Waals surface area contributed by atoms with Crippen LogP contribution >= 0.6 is 22.9 Å². The third-order valence-corrected chi connectivity index (χ3v) is 6.37. The minimum absolute atomic E-state index is 0.282. The first-order valence-corrected chi connectivity index (χ1v) is 11.2. The predicted octanol–water partition coefficient (Wildman–Crippen LogP) is 5.06. The average Bonchev–Trinajstić information content (AvgIpc) is 3.00. The summed E-state index contributed by atoms with van der Waals surface area (Å²) in [7, 11) is 0. The van der Waals surface area contributed by atoms with E-state index in [-0.39, 0.29) is 6.42 Å². The maximum Gasteiger partial charge on any atom is 0.413 e. The SMILES string of the molecule is CC(C)(C)OC(=O)Nc1ncc(CN[S+]([O-])C(C)(C)Cc2ccc(Cl)cc2F)s1. The number of nitrogens with zero attached hydrogens (tertiary/aromatic N) is 1. The van der Waals surface area contributed by atoms with E-state index in [1.807, 2.05) is 0 Å². The number of aromatic nitrogens is 1. The number of rotatable bonds is 7. The van der Waals surface area contributed by atoms with Crippen molar-refractivity contribution in [2.75, 3.05) is 5.32 Å². The molecule has 0 bridgehead atoms. The molecule has 2 N–H and O–H groups in total. The van der Waals surface area contributed by atoms with Crippen molar-refractivity contribution in [3.8, 4) is 0 Å². The van der Waals surface area contributed by atoms with Crippen molar-refractivity contribution in [1.82, 2.24) is 9.71 Å². The van der Waals surface area contributed by atoms with E-state index in [0.29, 0.717) is 22.3 Å². The number of thiazole rings is 1. The van der Waals surface area contributed by atoms with Gasteiger partial charge < -0.3 is 9.29 Å². The highest BCUT2D eigenvalue weighted by molar-refractivity contribution is 7.90. The van der Waals surface area contributed by atoms with Gasteiger partial charge >= 0.3 is 6.09 Å². The lowest BCUT2D eigenvalue weighted by Gasteiger charge is -2.28. The number of halogens is 2. The van der Waals surface area contributed by atoms with Crippen molar-refractivity contribution in [2.24, 2.45) is 0 Å². The summed E-state index contributed by atoms with van der Waals surface area (Å²) in [6.45, 7) is 9.22. The highest BCUT2D eigenvalue weighted by atomic mass is 35.5. The minimum atomic E-state index is -1.44. The highest BCUT2D eigenvalue weighted by Gasteiger charge is 2.34. The average molecular weight is 462 g/mol. The van der Waals surface area contributed by atoms with E-state index in [2.05, 4.69) is 15.0 Å². The molecular formula is C19H25ClFN3O3S2. The molecule has 0 saturated heterocycles. The number of amides is 1. The van der Waals surface area contributed by atoms with Gasteiger partial charge in [-0.25, -0.2) is 14.2 Å². The lowest BCUT2D eigenvalue weighted by Crippen LogP contribution is -2.43. The van der Waals surface area contributed by atoms with Crippen molar-refractivity contribution in [2.45, 2.75) is 57.9 Å². The highest BCUT2D eigenvalue weighted by Crippen LogP contribution is 2.26. The van der Waals surface area contributed by atoms with Crippen LogP contribution in [-0.2, 0) is 29.1 Å². The Morgan fingerprint density at radius 3 is 2.66 bits per heavy atom. The molecular weight excluding hydrogens is 437 g/mol. The smallest absolute Gasteiger partial charge is 0.413 e. The number of carbonyl (C=O) groups excluding carboxylic acids is 1. The molecule has 2 aromatic rings. The Morgan fingerprint density at radius 1 is 1.34 bits per heavy atom. The number of nitrogens with one attached hydrogen (secondary N) is 2. The maximum atomic E-state index is 14.0. The Bertz CT molecular complexity index is 855. The summed E-state index contributed by atoms with van der Waals surface area (Å²) in [5, 5.41) is 3.29. The molecule has 10 heteroatoms. The lowest BCUT2D eigenvalue weighted by molar-refractivity contribution is 0.0636. The van der Waals surface area contributed by atoms with Crippen molar-refractivity contribution in [3.05, 3.63) is 45.7 Å². The molecule has 0 aliphatic heterocycles. The lowest BCUT2D eigenvalue weighted by atomic mass is 10.0. The fourth-order valence-corrected chi connectivity index (χ4v) is 4.31. The first-order valence-electron chi connectivity index (χ1n) is 8.90. The molecule has 0 fully saturated rings. The van der Waals surface area contributed by atoms with Crippen LogP contribution in [0.25, 0.3) is 0 Å². The van der Waals surface area contributed by atoms with Crippen LogP contribution in [0, 0.1) is 5.82 Å². The Labute approximate surface area is 182 Å². The summed E-state index contributed by atoms with van der Waals surface area (Å²) < 4.78 is 34.2. The summed E-state index contributed by atoms with van der Waals surface area (Å²) in [6.07, 6.45) is 1.29. The molecule has 2 rings (SSSR count). The van der Waals surface area contributed by atoms with Crippen LogP contribution in [0.4, 0.5) is 14.3 Å². The van der Waals surface area contributed by atoms with Crippen molar-refractivity contribution in [1.29, 1.82) is 0 Å². The van der Waals surface area contributed by atoms with Gasteiger partial charge in [-0.2, -0.15) is 0 Å². The van der Waals surface area contributed by atoms with Gasteiger partial charge in [0.1, 0.15) is 16.2 Å². The number of hydrogen-bond donors (Lipinski definition) is 2. The quantitative estimate of drug-likeness (QED) is 0.563. The second kappa shape index (κ2) is 9.61. The van der Waals surface area contributed by atoms with Crippen LogP contribution < -0.4 is 10.0 Å². The Kier molecular flexibility index (Phi) is 7.92. The van der Waals surface area contributed by atoms with Crippen LogP contribution in [0.5, 0.6) is 0 Å². The Balaban J connectivity index is 1.90. The molecule has 1 heterocycles. The molecule has 0 saturated carbocycles. The molecule has 1 atom stereocenters. The number of carbonyl (C=O) groups is 1. The number of benzene rings is 1. The molecule has 0 spiro atoms. The minimum Gasteiger partial charge on any atom is -0.598 e. The van der Waals surface area contributed by atoms with Gasteiger partial charge in [-0.05, 0) is 52.3 Å². The van der Waals surface area contributed by atoms with Gasteiger partial charge in [-0.3, -0.25) is 5.32 Å². The molecule has 1 aromatic heterocycles. The van der Waals surface area contributed by atoms with Crippen LogP contribution in [0.15, 0.2) is 24.4 Å². The standard InChI is InChI=1S/C19H25ClFN3O3S2/c1-18(2,3)27-17(25)24-16-22-10-14(28-16)11-23-29(26)19(4,5)9-12-6-7-13(20)8-15(12)21/h6-8,10,23H,9,11H2,1-5H3,(H,22,24,25). The topological polar surface area (TPSA) is 86.3 Å². The van der Waals surface area contributed by atoms with Crippen LogP contribution in [0.3, 0.4) is 0 Å². The normalized spacial score (nSPS) is 13.2. The summed E-state index contributed by atoms with van der Waals surface area (Å²) in [4.78, 5) is 16.7. The zero-order chi connectivity index (χ0) is 21.8. The van der Waals surface area contributed by atoms with Gasteiger partial charge in [0.2, 0.25) is 0 Å². The summed E-state index contributed by atoms with van der Waals surface area (Å²) in [6, 6.07) is 4.47. The fourth-order valence-electron chi connectivity index (χ4n) is 2.36. The summed E-state index contributed by atoms with van der Waals surface area (Å²) in [5.74, 6) is -0.414. The molecule has 1 amide bonds. The zero-order valence-electron chi connectivity index (χ0n) is 17.0. The third-order valence-electron chi connectivity index (χ3n) is 3.67. The largest absolute Gasteiger partial charge is 0.598 e. The van der Waals surface area contributed by atoms with E-state index in [9.17, 15) is 13.7 Å². The van der Waals surface area contributed by atoms with E-state index >= 15 is 0 Å². The van der Waals surface area contributed by atoms with Gasteiger partial charge in [0.15, 0.2) is 5.13 Å². The predicted molar refractivity (Wildman–Crippen MR) is 116 cm³/mol. The second-order valence-corrected chi connectivity index (χ2v) is 11.5. The first-order chi connectivity index (χ1) is 13.4. The van der Waals surface area contributed by atoms with Gasteiger partial charge in [0.05, 0.1) is 6.54 Å². The molecule has 1 aromatic carbocycles. The van der Waals surface area contributed by atoms with Gasteiger partial charge in [0, 0.05) is 33.9 Å². The maximum absolute atomic E-state index is 14.0. The van der Waals surface area contributed by atoms with Crippen molar-refractivity contribution >= 4 is 45.5 Å². The van der Waals surface area contributed by atoms with E-state index in [4.69, 9.17) is 16.3 Å². The van der Waals surface area contributed by atoms with E-state index in [1.165, 1.54) is 17.4 Å². The molecule has 29 heavy (non-hydrogen) atoms. The first kappa shape index (κ1) is 23.9. The summed E-state index contributed by atoms with van der Waals surface area (Å²) >= 11 is 5.59. The van der Waals surface area contributed by atoms with Crippen molar-refractivity contribution < 1.29 is 18.5 Å². The molecule has 1 unspecified atom stereocenters. The second-order valence-electron chi connectivity index (χ2n) is 8.02. The molecule has 0 aliphatic carbocycles. The number of hydrogen-bond acceptors (Lipinski definition) is 6. The fraction of sp³-hybridized carbons (Fsp3) is 0.474. The summed E-state index contributed by atoms with van der Waals surface area (Å²) in [5.41, 5.74) is -0.145. The zero-order valence-corrected chi connectivity index (χ0v) is 19.4. The molecule has 160 valence electrons. The van der Waals surface area contributed by atoms with Crippen LogP contribution in [-0.4, -0.2) is 26.0 Å². The molecule has 0 aliphatic rings. The Morgan fingerprint density at radius 2 is 2.03 bits per heavy atom. The molecule has 0 radical (unpaired) electrons. The third kappa shape index (κ3) is 7.75. The van der Waals surface area contributed by atoms with Crippen molar-refractivity contribution in [3.63, 3.8) is 0 Å². The number of ether oxygens (including phenoxy) is 1.